The maximum absolute atomic E-state index is 12.2. The van der Waals surface area contributed by atoms with Gasteiger partial charge in [0, 0.05) is 29.9 Å². The third kappa shape index (κ3) is 4.82. The quantitative estimate of drug-likeness (QED) is 0.261. The summed E-state index contributed by atoms with van der Waals surface area (Å²) < 4.78 is 12.0. The zero-order valence-electron chi connectivity index (χ0n) is 20.7. The number of amides is 1. The van der Waals surface area contributed by atoms with Gasteiger partial charge in [-0.1, -0.05) is 18.2 Å². The van der Waals surface area contributed by atoms with E-state index in [-0.39, 0.29) is 25.3 Å². The normalized spacial score (nSPS) is 19.5. The van der Waals surface area contributed by atoms with Crippen molar-refractivity contribution in [2.75, 3.05) is 24.6 Å². The summed E-state index contributed by atoms with van der Waals surface area (Å²) in [5, 5.41) is 22.6. The predicted molar refractivity (Wildman–Crippen MR) is 136 cm³/mol. The molecule has 0 aliphatic carbocycles. The molecule has 2 heterocycles. The molecule has 2 aliphatic rings. The highest BCUT2D eigenvalue weighted by atomic mass is 16.6. The largest absolute Gasteiger partial charge is 0.480 e. The number of nitrogens with two attached hydrogens (primary N) is 1. The van der Waals surface area contributed by atoms with Crippen LogP contribution in [0.15, 0.2) is 48.5 Å². The molecule has 0 radical (unpaired) electrons. The van der Waals surface area contributed by atoms with E-state index in [0.717, 1.165) is 11.3 Å². The molecule has 196 valence electrons. The summed E-state index contributed by atoms with van der Waals surface area (Å²) in [5.74, 6) is -0.553. The molecule has 0 saturated carbocycles. The van der Waals surface area contributed by atoms with Gasteiger partial charge < -0.3 is 30.5 Å². The summed E-state index contributed by atoms with van der Waals surface area (Å²) in [6.07, 6.45) is 3.79. The van der Waals surface area contributed by atoms with Crippen LogP contribution in [0.4, 0.5) is 16.2 Å². The van der Waals surface area contributed by atoms with E-state index in [1.807, 2.05) is 41.3 Å². The minimum absolute atomic E-state index is 0.0156. The van der Waals surface area contributed by atoms with Crippen LogP contribution in [0.3, 0.4) is 0 Å². The zero-order chi connectivity index (χ0) is 26.8. The van der Waals surface area contributed by atoms with Gasteiger partial charge in [0.15, 0.2) is 0 Å². The van der Waals surface area contributed by atoms with Crippen molar-refractivity contribution in [3.63, 3.8) is 0 Å². The fourth-order valence-electron chi connectivity index (χ4n) is 4.91. The van der Waals surface area contributed by atoms with E-state index in [1.165, 1.54) is 12.1 Å². The third-order valence-electron chi connectivity index (χ3n) is 6.95. The maximum Gasteiger partial charge on any atom is 0.407 e. The van der Waals surface area contributed by atoms with Crippen LogP contribution in [0.25, 0.3) is 6.08 Å². The molecule has 1 unspecified atom stereocenters. The van der Waals surface area contributed by atoms with Gasteiger partial charge in [-0.3, -0.25) is 14.9 Å². The smallest absolute Gasteiger partial charge is 0.407 e. The number of aliphatic carboxylic acids is 1. The second-order valence-electron chi connectivity index (χ2n) is 9.55. The Hall–Kier alpha value is -4.12. The Bertz CT molecular complexity index is 1250. The van der Waals surface area contributed by atoms with Crippen LogP contribution < -0.4 is 20.7 Å². The molecule has 37 heavy (non-hydrogen) atoms. The van der Waals surface area contributed by atoms with Crippen molar-refractivity contribution in [1.82, 2.24) is 5.32 Å². The first-order chi connectivity index (χ1) is 17.6. The van der Waals surface area contributed by atoms with Crippen LogP contribution in [0.5, 0.6) is 5.75 Å². The first-order valence-electron chi connectivity index (χ1n) is 12.0. The number of rotatable bonds is 9. The molecule has 0 fully saturated rings. The van der Waals surface area contributed by atoms with Gasteiger partial charge in [0.2, 0.25) is 5.72 Å². The number of carboxylic acids is 1. The molecule has 1 spiro atoms. The number of fused-ring (bicyclic) bond motifs is 2. The van der Waals surface area contributed by atoms with Crippen LogP contribution in [0.2, 0.25) is 0 Å². The lowest BCUT2D eigenvalue weighted by molar-refractivity contribution is -0.384. The Morgan fingerprint density at radius 2 is 2.03 bits per heavy atom. The van der Waals surface area contributed by atoms with Crippen LogP contribution in [-0.4, -0.2) is 53.6 Å². The van der Waals surface area contributed by atoms with Crippen LogP contribution >= 0.6 is 0 Å². The van der Waals surface area contributed by atoms with Crippen molar-refractivity contribution in [1.29, 1.82) is 0 Å². The number of nitro groups is 1. The van der Waals surface area contributed by atoms with Crippen molar-refractivity contribution < 1.29 is 29.1 Å². The molecule has 11 heteroatoms. The number of para-hydroxylation sites is 1. The summed E-state index contributed by atoms with van der Waals surface area (Å²) in [6.45, 7) is 4.78. The highest BCUT2D eigenvalue weighted by molar-refractivity contribution is 5.74. The highest BCUT2D eigenvalue weighted by Gasteiger charge is 2.58. The van der Waals surface area contributed by atoms with Crippen molar-refractivity contribution >= 4 is 29.5 Å². The SMILES string of the molecule is CC1(C)c2ccccc2N(CCOC(=O)NCCC[C@H](N)C(=O)O)C12C=Cc1cc([N+](=O)[O-])ccc1O2. The topological polar surface area (TPSA) is 157 Å². The average molecular weight is 511 g/mol. The Kier molecular flexibility index (Phi) is 7.08. The van der Waals surface area contributed by atoms with E-state index in [4.69, 9.17) is 20.3 Å². The van der Waals surface area contributed by atoms with E-state index in [2.05, 4.69) is 19.2 Å². The number of benzene rings is 2. The number of carboxylic acid groups (broad SMARTS) is 1. The molecule has 0 bridgehead atoms. The molecular formula is C26H30N4O7. The molecule has 11 nitrogen and oxygen atoms in total. The lowest BCUT2D eigenvalue weighted by Crippen LogP contribution is -2.60. The number of alkyl carbamates (subject to hydrolysis) is 1. The molecule has 2 aromatic carbocycles. The summed E-state index contributed by atoms with van der Waals surface area (Å²) in [4.78, 5) is 35.8. The fourth-order valence-corrected chi connectivity index (χ4v) is 4.91. The number of hydrogen-bond donors (Lipinski definition) is 3. The predicted octanol–water partition coefficient (Wildman–Crippen LogP) is 3.41. The number of anilines is 1. The first kappa shape index (κ1) is 26.0. The van der Waals surface area contributed by atoms with Crippen molar-refractivity contribution in [3.8, 4) is 5.75 Å². The number of hydrogen-bond acceptors (Lipinski definition) is 8. The highest BCUT2D eigenvalue weighted by Crippen LogP contribution is 2.54. The van der Waals surface area contributed by atoms with Gasteiger partial charge in [0.05, 0.1) is 16.9 Å². The van der Waals surface area contributed by atoms with Crippen LogP contribution in [0.1, 0.15) is 37.8 Å². The molecule has 2 aromatic rings. The number of nitrogens with zero attached hydrogens (tertiary/aromatic N) is 2. The van der Waals surface area contributed by atoms with Gasteiger partial charge in [-0.05, 0) is 56.5 Å². The minimum Gasteiger partial charge on any atom is -0.480 e. The summed E-state index contributed by atoms with van der Waals surface area (Å²) in [7, 11) is 0. The van der Waals surface area contributed by atoms with Gasteiger partial charge in [0.25, 0.3) is 5.69 Å². The van der Waals surface area contributed by atoms with Gasteiger partial charge in [0.1, 0.15) is 18.4 Å². The Labute approximate surface area is 214 Å². The van der Waals surface area contributed by atoms with Crippen molar-refractivity contribution in [2.24, 2.45) is 5.73 Å². The van der Waals surface area contributed by atoms with E-state index >= 15 is 0 Å². The average Bonchev–Trinajstić information content (AvgIpc) is 3.04. The summed E-state index contributed by atoms with van der Waals surface area (Å²) in [6, 6.07) is 11.5. The molecule has 0 saturated heterocycles. The van der Waals surface area contributed by atoms with E-state index in [0.29, 0.717) is 24.3 Å². The number of ether oxygens (including phenoxy) is 2. The van der Waals surface area contributed by atoms with E-state index < -0.39 is 34.2 Å². The standard InChI is InChI=1S/C26H30N4O7/c1-25(2)19-6-3-4-8-21(19)29(14-15-36-24(33)28-13-5-7-20(27)23(31)32)26(25)12-11-17-16-18(30(34)35)9-10-22(17)37-26/h3-4,6,8-12,16,20H,5,7,13-15,27H2,1-2H3,(H,28,33)(H,31,32)/t20-,26?/m0/s1. The van der Waals surface area contributed by atoms with Gasteiger partial charge >= 0.3 is 12.1 Å². The van der Waals surface area contributed by atoms with Crippen LogP contribution in [-0.2, 0) is 14.9 Å². The van der Waals surface area contributed by atoms with Crippen molar-refractivity contribution in [3.05, 3.63) is 69.8 Å². The monoisotopic (exact) mass is 510 g/mol. The Morgan fingerprint density at radius 1 is 1.27 bits per heavy atom. The molecule has 1 amide bonds. The lowest BCUT2D eigenvalue weighted by atomic mass is 9.76. The second kappa shape index (κ2) is 10.1. The molecule has 0 aromatic heterocycles. The van der Waals surface area contributed by atoms with Gasteiger partial charge in [-0.25, -0.2) is 4.79 Å². The fraction of sp³-hybridized carbons (Fsp3) is 0.385. The Morgan fingerprint density at radius 3 is 2.76 bits per heavy atom. The number of nitrogens with one attached hydrogen (secondary N) is 1. The first-order valence-corrected chi connectivity index (χ1v) is 12.0. The van der Waals surface area contributed by atoms with Gasteiger partial charge in [-0.15, -0.1) is 0 Å². The molecule has 4 rings (SSSR count). The number of carbonyl (C=O) groups excluding carboxylic acids is 1. The Balaban J connectivity index is 1.48. The molecule has 2 atom stereocenters. The van der Waals surface area contributed by atoms with E-state index in [9.17, 15) is 19.7 Å². The molecule has 4 N–H and O–H groups in total. The molecular weight excluding hydrogens is 480 g/mol. The maximum atomic E-state index is 12.2. The van der Waals surface area contributed by atoms with Crippen LogP contribution in [0, 0.1) is 10.1 Å². The third-order valence-corrected chi connectivity index (χ3v) is 6.95. The minimum atomic E-state index is -1.08. The van der Waals surface area contributed by atoms with Crippen molar-refractivity contribution in [2.45, 2.75) is 43.9 Å². The summed E-state index contributed by atoms with van der Waals surface area (Å²) in [5.41, 5.74) is 6.60. The number of carbonyl (C=O) groups is 2. The number of nitro benzene ring substituents is 1. The lowest BCUT2D eigenvalue weighted by Gasteiger charge is -2.47. The zero-order valence-corrected chi connectivity index (χ0v) is 20.7. The van der Waals surface area contributed by atoms with Gasteiger partial charge in [-0.2, -0.15) is 0 Å². The number of non-ortho nitro benzene ring substituents is 1. The molecule has 2 aliphatic heterocycles. The summed E-state index contributed by atoms with van der Waals surface area (Å²) >= 11 is 0. The van der Waals surface area contributed by atoms with E-state index in [1.54, 1.807) is 6.07 Å². The second-order valence-corrected chi connectivity index (χ2v) is 9.55.